The highest BCUT2D eigenvalue weighted by atomic mass is 16.7. The van der Waals surface area contributed by atoms with E-state index in [0.717, 1.165) is 0 Å². The molecular formula is C7H9NO3. The fraction of sp³-hybridized carbons (Fsp3) is 0.286. The van der Waals surface area contributed by atoms with Crippen molar-refractivity contribution in [3.8, 4) is 0 Å². The van der Waals surface area contributed by atoms with E-state index in [4.69, 9.17) is 15.2 Å². The highest BCUT2D eigenvalue weighted by Crippen LogP contribution is 1.99. The third-order valence-corrected chi connectivity index (χ3v) is 1.20. The number of nitrogens with two attached hydrogens (primary N) is 1. The molecule has 60 valence electrons. The molecule has 0 aromatic heterocycles. The lowest BCUT2D eigenvalue weighted by Crippen LogP contribution is -2.14. The Bertz CT molecular complexity index is 208. The van der Waals surface area contributed by atoms with Crippen molar-refractivity contribution in [3.05, 3.63) is 24.0 Å². The van der Waals surface area contributed by atoms with Crippen LogP contribution < -0.4 is 5.73 Å². The van der Waals surface area contributed by atoms with Gasteiger partial charge in [0.2, 0.25) is 5.91 Å². The van der Waals surface area contributed by atoms with E-state index in [1.165, 1.54) is 12.3 Å². The standard InChI is InChI=1S/C7H9NO3/c8-7(9)6-1-3-10-5-11-4-2-6/h1-3H,4-5H2,(H2,8,9). The number of hydrogen-bond donors (Lipinski definition) is 1. The summed E-state index contributed by atoms with van der Waals surface area (Å²) in [5, 5.41) is 0. The zero-order valence-electron chi connectivity index (χ0n) is 5.95. The maximum atomic E-state index is 10.6. The first-order valence-corrected chi connectivity index (χ1v) is 3.16. The van der Waals surface area contributed by atoms with Crippen LogP contribution >= 0.6 is 0 Å². The molecule has 0 aliphatic carbocycles. The van der Waals surface area contributed by atoms with E-state index >= 15 is 0 Å². The van der Waals surface area contributed by atoms with Crippen LogP contribution in [0.4, 0.5) is 0 Å². The second-order valence-electron chi connectivity index (χ2n) is 1.98. The third-order valence-electron chi connectivity index (χ3n) is 1.20. The lowest BCUT2D eigenvalue weighted by molar-refractivity contribution is -0.114. The molecule has 0 saturated carbocycles. The van der Waals surface area contributed by atoms with Gasteiger partial charge in [-0.3, -0.25) is 4.79 Å². The SMILES string of the molecule is NC(=O)C1=CCOCOC=C1. The molecule has 4 nitrogen and oxygen atoms in total. The van der Waals surface area contributed by atoms with Crippen molar-refractivity contribution in [1.82, 2.24) is 0 Å². The predicted molar refractivity (Wildman–Crippen MR) is 38.3 cm³/mol. The second kappa shape index (κ2) is 3.78. The van der Waals surface area contributed by atoms with Gasteiger partial charge in [0.1, 0.15) is 0 Å². The number of ether oxygens (including phenoxy) is 2. The second-order valence-corrected chi connectivity index (χ2v) is 1.98. The van der Waals surface area contributed by atoms with Crippen LogP contribution in [0.5, 0.6) is 0 Å². The average Bonchev–Trinajstić information content (AvgIpc) is 1.84. The molecule has 0 spiro atoms. The summed E-state index contributed by atoms with van der Waals surface area (Å²) in [5.74, 6) is -0.477. The van der Waals surface area contributed by atoms with Crippen molar-refractivity contribution < 1.29 is 14.3 Å². The molecule has 0 atom stereocenters. The Morgan fingerprint density at radius 2 is 2.45 bits per heavy atom. The van der Waals surface area contributed by atoms with E-state index in [2.05, 4.69) is 0 Å². The molecule has 11 heavy (non-hydrogen) atoms. The number of primary amides is 1. The fourth-order valence-electron chi connectivity index (χ4n) is 0.656. The number of carbonyl (C=O) groups is 1. The van der Waals surface area contributed by atoms with Crippen molar-refractivity contribution in [2.75, 3.05) is 13.4 Å². The molecule has 1 rings (SSSR count). The molecule has 0 unspecified atom stereocenters. The molecule has 0 fully saturated rings. The largest absolute Gasteiger partial charge is 0.475 e. The van der Waals surface area contributed by atoms with Crippen LogP contribution in [0.25, 0.3) is 0 Å². The van der Waals surface area contributed by atoms with Gasteiger partial charge in [0.05, 0.1) is 12.9 Å². The van der Waals surface area contributed by atoms with Crippen molar-refractivity contribution in [3.63, 3.8) is 0 Å². The summed E-state index contributed by atoms with van der Waals surface area (Å²) in [4.78, 5) is 10.6. The third kappa shape index (κ3) is 2.43. The monoisotopic (exact) mass is 155 g/mol. The van der Waals surface area contributed by atoms with Crippen LogP contribution in [-0.2, 0) is 14.3 Å². The summed E-state index contributed by atoms with van der Waals surface area (Å²) >= 11 is 0. The van der Waals surface area contributed by atoms with Gasteiger partial charge in [-0.2, -0.15) is 0 Å². The highest BCUT2D eigenvalue weighted by molar-refractivity contribution is 5.94. The molecule has 0 aromatic rings. The lowest BCUT2D eigenvalue weighted by Gasteiger charge is -2.04. The van der Waals surface area contributed by atoms with Crippen LogP contribution in [-0.4, -0.2) is 19.3 Å². The summed E-state index contributed by atoms with van der Waals surface area (Å²) in [7, 11) is 0. The summed E-state index contributed by atoms with van der Waals surface area (Å²) in [5.41, 5.74) is 5.43. The van der Waals surface area contributed by atoms with Crippen molar-refractivity contribution >= 4 is 5.91 Å². The molecule has 0 aromatic carbocycles. The van der Waals surface area contributed by atoms with E-state index in [9.17, 15) is 4.79 Å². The minimum absolute atomic E-state index is 0.207. The van der Waals surface area contributed by atoms with Gasteiger partial charge in [-0.25, -0.2) is 0 Å². The number of amides is 1. The van der Waals surface area contributed by atoms with Crippen LogP contribution in [0.2, 0.25) is 0 Å². The van der Waals surface area contributed by atoms with Gasteiger partial charge in [0.15, 0.2) is 6.79 Å². The van der Waals surface area contributed by atoms with E-state index < -0.39 is 5.91 Å². The quantitative estimate of drug-likeness (QED) is 0.576. The maximum absolute atomic E-state index is 10.6. The molecule has 1 aliphatic rings. The maximum Gasteiger partial charge on any atom is 0.248 e. The van der Waals surface area contributed by atoms with Gasteiger partial charge in [-0.15, -0.1) is 0 Å². The van der Waals surface area contributed by atoms with Gasteiger partial charge in [0, 0.05) is 5.57 Å². The van der Waals surface area contributed by atoms with Crippen molar-refractivity contribution in [2.45, 2.75) is 0 Å². The van der Waals surface area contributed by atoms with Crippen LogP contribution in [0.3, 0.4) is 0 Å². The van der Waals surface area contributed by atoms with E-state index in [-0.39, 0.29) is 6.79 Å². The van der Waals surface area contributed by atoms with E-state index in [1.54, 1.807) is 6.08 Å². The first-order chi connectivity index (χ1) is 5.30. The summed E-state index contributed by atoms with van der Waals surface area (Å²) < 4.78 is 9.70. The Balaban J connectivity index is 2.66. The Hall–Kier alpha value is -1.29. The molecule has 4 heteroatoms. The van der Waals surface area contributed by atoms with E-state index in [1.807, 2.05) is 0 Å². The molecule has 1 amide bonds. The van der Waals surface area contributed by atoms with E-state index in [0.29, 0.717) is 12.2 Å². The average molecular weight is 155 g/mol. The van der Waals surface area contributed by atoms with Crippen LogP contribution in [0.1, 0.15) is 0 Å². The van der Waals surface area contributed by atoms with Gasteiger partial charge < -0.3 is 15.2 Å². The van der Waals surface area contributed by atoms with Crippen molar-refractivity contribution in [1.29, 1.82) is 0 Å². The smallest absolute Gasteiger partial charge is 0.248 e. The zero-order chi connectivity index (χ0) is 8.10. The predicted octanol–water partition coefficient (Wildman–Crippen LogP) is -0.0839. The fourth-order valence-corrected chi connectivity index (χ4v) is 0.656. The minimum atomic E-state index is -0.477. The number of hydrogen-bond acceptors (Lipinski definition) is 3. The molecule has 2 N–H and O–H groups in total. The Labute approximate surface area is 64.3 Å². The van der Waals surface area contributed by atoms with Gasteiger partial charge >= 0.3 is 0 Å². The molecule has 0 saturated heterocycles. The molecule has 1 heterocycles. The summed E-state index contributed by atoms with van der Waals surface area (Å²) in [6.07, 6.45) is 4.52. The first kappa shape index (κ1) is 7.81. The minimum Gasteiger partial charge on any atom is -0.475 e. The topological polar surface area (TPSA) is 61.6 Å². The van der Waals surface area contributed by atoms with Crippen molar-refractivity contribution in [2.24, 2.45) is 5.73 Å². The number of carbonyl (C=O) groups excluding carboxylic acids is 1. The summed E-state index contributed by atoms with van der Waals surface area (Å²) in [6, 6.07) is 0. The Kier molecular flexibility index (Phi) is 2.68. The van der Waals surface area contributed by atoms with Crippen LogP contribution in [0.15, 0.2) is 24.0 Å². The van der Waals surface area contributed by atoms with Gasteiger partial charge in [0.25, 0.3) is 0 Å². The van der Waals surface area contributed by atoms with Crippen LogP contribution in [0, 0.1) is 0 Å². The molecule has 0 bridgehead atoms. The normalized spacial score (nSPS) is 17.6. The number of rotatable bonds is 1. The van der Waals surface area contributed by atoms with Gasteiger partial charge in [-0.05, 0) is 12.2 Å². The molecular weight excluding hydrogens is 146 g/mol. The zero-order valence-corrected chi connectivity index (χ0v) is 5.95. The summed E-state index contributed by atoms with van der Waals surface area (Å²) in [6.45, 7) is 0.557. The Morgan fingerprint density at radius 3 is 3.18 bits per heavy atom. The lowest BCUT2D eigenvalue weighted by atomic mass is 10.2. The highest BCUT2D eigenvalue weighted by Gasteiger charge is 2.01. The van der Waals surface area contributed by atoms with Gasteiger partial charge in [-0.1, -0.05) is 0 Å². The Morgan fingerprint density at radius 1 is 1.64 bits per heavy atom. The molecule has 0 radical (unpaired) electrons. The molecule has 1 aliphatic heterocycles. The first-order valence-electron chi connectivity index (χ1n) is 3.16.